The average Bonchev–Trinajstić information content (AvgIpc) is 2.83. The molecule has 1 saturated carbocycles. The molecule has 1 N–H and O–H groups in total. The molecule has 4 heterocycles. The van der Waals surface area contributed by atoms with Gasteiger partial charge in [0.2, 0.25) is 5.88 Å². The number of cyclic esters (lactones) is 1. The first kappa shape index (κ1) is 27.6. The number of anilines is 2. The van der Waals surface area contributed by atoms with Crippen LogP contribution in [0.2, 0.25) is 0 Å². The Balaban J connectivity index is 1.51. The lowest BCUT2D eigenvalue weighted by Gasteiger charge is -2.36. The van der Waals surface area contributed by atoms with Crippen LogP contribution in [0.3, 0.4) is 0 Å². The van der Waals surface area contributed by atoms with Crippen LogP contribution in [0.25, 0.3) is 21.2 Å². The number of hydrogen-bond acceptors (Lipinski definition) is 10. The molecule has 1 fully saturated rings. The molecular weight excluding hydrogens is 534 g/mol. The summed E-state index contributed by atoms with van der Waals surface area (Å²) in [5.74, 6) is 0.780. The lowest BCUT2D eigenvalue weighted by molar-refractivity contribution is -0.0189. The van der Waals surface area contributed by atoms with E-state index in [1.54, 1.807) is 44.4 Å². The molecule has 0 aromatic carbocycles. The highest BCUT2D eigenvalue weighted by Gasteiger charge is 2.40. The molecule has 12 nitrogen and oxygen atoms in total. The fraction of sp³-hybridized carbons (Fsp3) is 0.481. The van der Waals surface area contributed by atoms with Gasteiger partial charge in [-0.15, -0.1) is 0 Å². The monoisotopic (exact) mass is 565 g/mol. The second-order valence-electron chi connectivity index (χ2n) is 11.5. The highest BCUT2D eigenvalue weighted by molar-refractivity contribution is 7.91. The third-order valence-electron chi connectivity index (χ3n) is 7.83. The number of carbonyl (C=O) groups is 1. The fourth-order valence-corrected chi connectivity index (χ4v) is 6.07. The van der Waals surface area contributed by atoms with Gasteiger partial charge in [-0.3, -0.25) is 0 Å². The summed E-state index contributed by atoms with van der Waals surface area (Å²) in [7, 11) is -3.12. The van der Waals surface area contributed by atoms with Crippen molar-refractivity contribution in [3.63, 3.8) is 0 Å². The molecule has 0 amide bonds. The van der Waals surface area contributed by atoms with Crippen LogP contribution in [0.15, 0.2) is 35.7 Å². The summed E-state index contributed by atoms with van der Waals surface area (Å²) in [5.41, 5.74) is 9.28. The first-order valence-corrected chi connectivity index (χ1v) is 14.9. The highest BCUT2D eigenvalue weighted by atomic mass is 32.2. The Kier molecular flexibility index (Phi) is 6.62. The first-order valence-electron chi connectivity index (χ1n) is 12.9. The first-order chi connectivity index (χ1) is 18.7. The number of esters is 1. The summed E-state index contributed by atoms with van der Waals surface area (Å²) >= 11 is 0. The molecule has 0 radical (unpaired) electrons. The molecule has 1 aliphatic heterocycles. The molecule has 40 heavy (non-hydrogen) atoms. The highest BCUT2D eigenvalue weighted by Crippen LogP contribution is 2.40. The van der Waals surface area contributed by atoms with Gasteiger partial charge in [0.05, 0.1) is 27.4 Å². The Morgan fingerprint density at radius 2 is 1.90 bits per heavy atom. The molecule has 5 rings (SSSR count). The summed E-state index contributed by atoms with van der Waals surface area (Å²) in [6.45, 7) is 9.25. The van der Waals surface area contributed by atoms with Crippen molar-refractivity contribution < 1.29 is 22.7 Å². The third kappa shape index (κ3) is 5.02. The van der Waals surface area contributed by atoms with Crippen molar-refractivity contribution in [2.75, 3.05) is 11.6 Å². The zero-order valence-corrected chi connectivity index (χ0v) is 24.0. The van der Waals surface area contributed by atoms with Gasteiger partial charge in [-0.1, -0.05) is 25.9 Å². The number of aromatic nitrogens is 3. The van der Waals surface area contributed by atoms with E-state index in [0.717, 1.165) is 0 Å². The van der Waals surface area contributed by atoms with E-state index in [9.17, 15) is 13.2 Å². The number of carbonyl (C=O) groups excluding carboxylic acids is 1. The minimum atomic E-state index is -3.12. The van der Waals surface area contributed by atoms with Gasteiger partial charge in [0, 0.05) is 42.3 Å². The molecule has 0 saturated heterocycles. The predicted octanol–water partition coefficient (Wildman–Crippen LogP) is 5.32. The summed E-state index contributed by atoms with van der Waals surface area (Å²) in [5, 5.41) is 8.07. The number of hydrogen-bond donors (Lipinski definition) is 1. The summed E-state index contributed by atoms with van der Waals surface area (Å²) in [6.07, 6.45) is 4.97. The third-order valence-corrected chi connectivity index (χ3v) is 9.43. The van der Waals surface area contributed by atoms with Crippen LogP contribution in [0.5, 0.6) is 5.88 Å². The van der Waals surface area contributed by atoms with Crippen molar-refractivity contribution in [1.82, 2.24) is 15.0 Å². The molecule has 210 valence electrons. The molecule has 0 bridgehead atoms. The number of sulfone groups is 1. The van der Waals surface area contributed by atoms with Gasteiger partial charge in [-0.2, -0.15) is 0 Å². The molecule has 2 aliphatic rings. The van der Waals surface area contributed by atoms with Crippen molar-refractivity contribution in [1.29, 1.82) is 0 Å². The van der Waals surface area contributed by atoms with E-state index in [-0.39, 0.29) is 12.0 Å². The molecule has 1 atom stereocenters. The van der Waals surface area contributed by atoms with Gasteiger partial charge < -0.3 is 14.8 Å². The summed E-state index contributed by atoms with van der Waals surface area (Å²) in [4.78, 5) is 29.2. The van der Waals surface area contributed by atoms with Gasteiger partial charge in [-0.25, -0.2) is 28.2 Å². The smallest absolute Gasteiger partial charge is 0.340 e. The maximum atomic E-state index is 12.5. The summed E-state index contributed by atoms with van der Waals surface area (Å²) < 4.78 is 35.3. The zero-order valence-electron chi connectivity index (χ0n) is 23.2. The van der Waals surface area contributed by atoms with Crippen molar-refractivity contribution in [2.45, 2.75) is 75.9 Å². The van der Waals surface area contributed by atoms with Gasteiger partial charge >= 0.3 is 5.97 Å². The molecule has 0 spiro atoms. The standard InChI is InChI=1S/C27H31N7O5S/c1-14-23-17(25(35)39-27(14,4)5)7-8-21(32-23)31-22-11-18-19(12-29-22)24(30-13-20(18)26(2,3)33-34-28)38-15-9-16(10-15)40(6,36)37/h7-8,11-16H,9-10H2,1-6H3,(H,29,31,32). The lowest BCUT2D eigenvalue weighted by atomic mass is 9.84. The van der Waals surface area contributed by atoms with E-state index in [2.05, 4.69) is 25.3 Å². The quantitative estimate of drug-likeness (QED) is 0.172. The number of nitrogens with one attached hydrogen (secondary N) is 1. The van der Waals surface area contributed by atoms with Gasteiger partial charge in [-0.05, 0) is 48.5 Å². The topological polar surface area (TPSA) is 169 Å². The SMILES string of the molecule is CC1c2nc(Nc3cc4c(C(C)(C)N=[N+]=[N-])cnc(OC5CC(S(C)(=O)=O)C5)c4cn3)ccc2C(=O)OC1(C)C. The second kappa shape index (κ2) is 9.60. The van der Waals surface area contributed by atoms with Crippen LogP contribution < -0.4 is 10.1 Å². The van der Waals surface area contributed by atoms with Crippen LogP contribution in [-0.4, -0.2) is 52.5 Å². The Bertz CT molecular complexity index is 1680. The van der Waals surface area contributed by atoms with Crippen molar-refractivity contribution in [3.8, 4) is 5.88 Å². The van der Waals surface area contributed by atoms with Crippen molar-refractivity contribution >= 4 is 38.2 Å². The normalized spacial score (nSPS) is 21.9. The Labute approximate surface area is 232 Å². The molecule has 1 unspecified atom stereocenters. The number of pyridine rings is 3. The van der Waals surface area contributed by atoms with Crippen LogP contribution in [0.1, 0.15) is 75.0 Å². The molecule has 3 aromatic heterocycles. The minimum absolute atomic E-state index is 0.123. The number of fused-ring (bicyclic) bond motifs is 2. The average molecular weight is 566 g/mol. The van der Waals surface area contributed by atoms with Crippen LogP contribution in [0, 0.1) is 0 Å². The largest absolute Gasteiger partial charge is 0.474 e. The van der Waals surface area contributed by atoms with E-state index in [1.165, 1.54) is 6.26 Å². The molecular formula is C27H31N7O5S. The predicted molar refractivity (Wildman–Crippen MR) is 149 cm³/mol. The van der Waals surface area contributed by atoms with Crippen LogP contribution in [-0.2, 0) is 20.1 Å². The van der Waals surface area contributed by atoms with Crippen molar-refractivity contribution in [2.24, 2.45) is 5.11 Å². The minimum Gasteiger partial charge on any atom is -0.474 e. The van der Waals surface area contributed by atoms with Crippen molar-refractivity contribution in [3.05, 3.63) is 57.9 Å². The summed E-state index contributed by atoms with van der Waals surface area (Å²) in [6, 6.07) is 5.18. The van der Waals surface area contributed by atoms with E-state index in [0.29, 0.717) is 58.0 Å². The fourth-order valence-electron chi connectivity index (χ4n) is 4.94. The van der Waals surface area contributed by atoms with Gasteiger partial charge in [0.25, 0.3) is 0 Å². The number of azide groups is 1. The Hall–Kier alpha value is -3.96. The zero-order chi connectivity index (χ0) is 29.0. The number of ether oxygens (including phenoxy) is 2. The van der Waals surface area contributed by atoms with E-state index >= 15 is 0 Å². The Morgan fingerprint density at radius 1 is 1.18 bits per heavy atom. The van der Waals surface area contributed by atoms with E-state index in [4.69, 9.17) is 20.0 Å². The van der Waals surface area contributed by atoms with Crippen LogP contribution >= 0.6 is 0 Å². The van der Waals surface area contributed by atoms with Gasteiger partial charge in [0.15, 0.2) is 9.84 Å². The maximum Gasteiger partial charge on any atom is 0.340 e. The Morgan fingerprint density at radius 3 is 2.58 bits per heavy atom. The van der Waals surface area contributed by atoms with E-state index in [1.807, 2.05) is 20.8 Å². The molecule has 13 heteroatoms. The molecule has 1 aliphatic carbocycles. The second-order valence-corrected chi connectivity index (χ2v) is 13.8. The molecule has 3 aromatic rings. The number of rotatable bonds is 7. The van der Waals surface area contributed by atoms with Gasteiger partial charge in [0.1, 0.15) is 23.3 Å². The number of nitrogens with zero attached hydrogens (tertiary/aromatic N) is 6. The maximum absolute atomic E-state index is 12.5. The van der Waals surface area contributed by atoms with Crippen LogP contribution in [0.4, 0.5) is 11.6 Å². The lowest BCUT2D eigenvalue weighted by Crippen LogP contribution is -2.42. The van der Waals surface area contributed by atoms with E-state index < -0.39 is 32.2 Å².